The van der Waals surface area contributed by atoms with Crippen molar-refractivity contribution >= 4 is 5.91 Å². The van der Waals surface area contributed by atoms with Gasteiger partial charge in [0.25, 0.3) is 0 Å². The number of carbonyl (C=O) groups excluding carboxylic acids is 1. The minimum Gasteiger partial charge on any atom is -0.348 e. The van der Waals surface area contributed by atoms with Crippen LogP contribution in [0, 0.1) is 5.41 Å². The summed E-state index contributed by atoms with van der Waals surface area (Å²) >= 11 is 0. The van der Waals surface area contributed by atoms with E-state index in [9.17, 15) is 4.79 Å². The molecule has 0 aromatic heterocycles. The summed E-state index contributed by atoms with van der Waals surface area (Å²) in [5.41, 5.74) is 6.22. The van der Waals surface area contributed by atoms with Crippen molar-refractivity contribution < 1.29 is 4.79 Å². The molecule has 0 atom stereocenters. The van der Waals surface area contributed by atoms with E-state index >= 15 is 0 Å². The normalized spacial score (nSPS) is 41.1. The Kier molecular flexibility index (Phi) is 2.11. The van der Waals surface area contributed by atoms with Crippen LogP contribution in [0.15, 0.2) is 0 Å². The third-order valence-corrected chi connectivity index (χ3v) is 4.16. The van der Waals surface area contributed by atoms with E-state index in [1.807, 2.05) is 14.1 Å². The van der Waals surface area contributed by atoms with Gasteiger partial charge in [0.05, 0.1) is 0 Å². The lowest BCUT2D eigenvalue weighted by molar-refractivity contribution is -0.146. The van der Waals surface area contributed by atoms with E-state index in [0.29, 0.717) is 5.91 Å². The molecular weight excluding hydrogens is 176 g/mol. The molecule has 0 radical (unpaired) electrons. The molecule has 0 aliphatic heterocycles. The zero-order chi connectivity index (χ0) is 10.4. The Hall–Kier alpha value is -0.570. The number of fused-ring (bicyclic) bond motifs is 3. The molecule has 0 aromatic rings. The van der Waals surface area contributed by atoms with Crippen molar-refractivity contribution in [3.05, 3.63) is 0 Å². The van der Waals surface area contributed by atoms with Crippen LogP contribution in [-0.4, -0.2) is 30.4 Å². The molecule has 0 heterocycles. The number of hydrogen-bond acceptors (Lipinski definition) is 2. The zero-order valence-electron chi connectivity index (χ0n) is 9.18. The Balaban J connectivity index is 2.16. The summed E-state index contributed by atoms with van der Waals surface area (Å²) in [4.78, 5) is 13.8. The van der Waals surface area contributed by atoms with Crippen molar-refractivity contribution in [3.63, 3.8) is 0 Å². The summed E-state index contributed by atoms with van der Waals surface area (Å²) in [6.45, 7) is 0. The average Bonchev–Trinajstić information content (AvgIpc) is 2.18. The fourth-order valence-electron chi connectivity index (χ4n) is 3.01. The standard InChI is InChI=1S/C11H20N2O/c1-13(2)9(14)10-3-6-11(12,7-4-10)8-5-10/h3-8,12H2,1-2H3. The fourth-order valence-corrected chi connectivity index (χ4v) is 3.01. The molecule has 0 saturated heterocycles. The summed E-state index contributed by atoms with van der Waals surface area (Å²) in [6, 6.07) is 0. The lowest BCUT2D eigenvalue weighted by Crippen LogP contribution is -2.56. The van der Waals surface area contributed by atoms with Crippen LogP contribution < -0.4 is 5.73 Å². The van der Waals surface area contributed by atoms with Crippen LogP contribution in [0.2, 0.25) is 0 Å². The van der Waals surface area contributed by atoms with Gasteiger partial charge in [0.1, 0.15) is 0 Å². The summed E-state index contributed by atoms with van der Waals surface area (Å²) in [6.07, 6.45) is 6.10. The Morgan fingerprint density at radius 3 is 1.86 bits per heavy atom. The van der Waals surface area contributed by atoms with Crippen LogP contribution in [0.25, 0.3) is 0 Å². The fraction of sp³-hybridized carbons (Fsp3) is 0.909. The quantitative estimate of drug-likeness (QED) is 0.683. The first-order valence-corrected chi connectivity index (χ1v) is 5.48. The third-order valence-electron chi connectivity index (χ3n) is 4.16. The molecule has 14 heavy (non-hydrogen) atoms. The Morgan fingerprint density at radius 1 is 1.07 bits per heavy atom. The van der Waals surface area contributed by atoms with Gasteiger partial charge in [-0.15, -0.1) is 0 Å². The Morgan fingerprint density at radius 2 is 1.50 bits per heavy atom. The van der Waals surface area contributed by atoms with Crippen LogP contribution in [0.5, 0.6) is 0 Å². The van der Waals surface area contributed by atoms with E-state index in [-0.39, 0.29) is 11.0 Å². The Labute approximate surface area is 85.6 Å². The van der Waals surface area contributed by atoms with Crippen molar-refractivity contribution in [1.82, 2.24) is 4.90 Å². The van der Waals surface area contributed by atoms with Crippen LogP contribution in [0.3, 0.4) is 0 Å². The van der Waals surface area contributed by atoms with Crippen molar-refractivity contribution in [2.45, 2.75) is 44.1 Å². The van der Waals surface area contributed by atoms with Gasteiger partial charge in [-0.2, -0.15) is 0 Å². The highest BCUT2D eigenvalue weighted by Gasteiger charge is 2.51. The molecule has 2 N–H and O–H groups in total. The monoisotopic (exact) mass is 196 g/mol. The molecule has 3 saturated carbocycles. The molecule has 1 amide bonds. The number of hydrogen-bond donors (Lipinski definition) is 1. The molecule has 80 valence electrons. The van der Waals surface area contributed by atoms with Gasteiger partial charge in [-0.05, 0) is 38.5 Å². The van der Waals surface area contributed by atoms with Gasteiger partial charge in [-0.1, -0.05) is 0 Å². The number of nitrogens with two attached hydrogens (primary N) is 1. The predicted molar refractivity (Wildman–Crippen MR) is 55.7 cm³/mol. The lowest BCUT2D eigenvalue weighted by Gasteiger charge is -2.51. The van der Waals surface area contributed by atoms with Crippen molar-refractivity contribution in [2.24, 2.45) is 11.1 Å². The number of rotatable bonds is 1. The minimum atomic E-state index is -0.0510. The highest BCUT2D eigenvalue weighted by atomic mass is 16.2. The molecule has 3 heteroatoms. The number of nitrogens with zero attached hydrogens (tertiary/aromatic N) is 1. The molecule has 3 aliphatic carbocycles. The molecule has 0 unspecified atom stereocenters. The second kappa shape index (κ2) is 2.96. The highest BCUT2D eigenvalue weighted by molar-refractivity contribution is 5.82. The molecule has 0 aromatic carbocycles. The van der Waals surface area contributed by atoms with Crippen LogP contribution in [-0.2, 0) is 4.79 Å². The highest BCUT2D eigenvalue weighted by Crippen LogP contribution is 2.51. The molecule has 3 fully saturated rings. The number of amides is 1. The lowest BCUT2D eigenvalue weighted by atomic mass is 9.57. The van der Waals surface area contributed by atoms with Crippen LogP contribution in [0.1, 0.15) is 38.5 Å². The van der Waals surface area contributed by atoms with Gasteiger partial charge in [0, 0.05) is 25.0 Å². The third kappa shape index (κ3) is 1.34. The zero-order valence-corrected chi connectivity index (χ0v) is 9.18. The van der Waals surface area contributed by atoms with Crippen molar-refractivity contribution in [2.75, 3.05) is 14.1 Å². The summed E-state index contributed by atoms with van der Waals surface area (Å²) in [5.74, 6) is 0.319. The first-order valence-electron chi connectivity index (χ1n) is 5.48. The van der Waals surface area contributed by atoms with E-state index in [1.54, 1.807) is 4.90 Å². The van der Waals surface area contributed by atoms with Gasteiger partial charge in [-0.25, -0.2) is 0 Å². The average molecular weight is 196 g/mol. The molecule has 3 rings (SSSR count). The maximum absolute atomic E-state index is 12.1. The molecule has 3 aliphatic rings. The minimum absolute atomic E-state index is 0.0510. The molecule has 0 spiro atoms. The first kappa shape index (κ1) is 9.97. The van der Waals surface area contributed by atoms with Gasteiger partial charge in [-0.3, -0.25) is 4.79 Å². The van der Waals surface area contributed by atoms with Crippen molar-refractivity contribution in [3.8, 4) is 0 Å². The number of carbonyl (C=O) groups is 1. The maximum Gasteiger partial charge on any atom is 0.228 e. The van der Waals surface area contributed by atoms with Gasteiger partial charge >= 0.3 is 0 Å². The molecule has 2 bridgehead atoms. The smallest absolute Gasteiger partial charge is 0.228 e. The first-order chi connectivity index (χ1) is 6.48. The van der Waals surface area contributed by atoms with Gasteiger partial charge in [0.2, 0.25) is 5.91 Å². The second-order valence-corrected chi connectivity index (χ2v) is 5.34. The van der Waals surface area contributed by atoms with E-state index < -0.39 is 0 Å². The largest absolute Gasteiger partial charge is 0.348 e. The van der Waals surface area contributed by atoms with Gasteiger partial charge in [0.15, 0.2) is 0 Å². The van der Waals surface area contributed by atoms with Crippen LogP contribution in [0.4, 0.5) is 0 Å². The second-order valence-electron chi connectivity index (χ2n) is 5.34. The van der Waals surface area contributed by atoms with Crippen molar-refractivity contribution in [1.29, 1.82) is 0 Å². The summed E-state index contributed by atoms with van der Waals surface area (Å²) < 4.78 is 0. The SMILES string of the molecule is CN(C)C(=O)C12CCC(N)(CC1)CC2. The van der Waals surface area contributed by atoms with Crippen LogP contribution >= 0.6 is 0 Å². The topological polar surface area (TPSA) is 46.3 Å². The van der Waals surface area contributed by atoms with Gasteiger partial charge < -0.3 is 10.6 Å². The predicted octanol–water partition coefficient (Wildman–Crippen LogP) is 1.13. The molecular formula is C11H20N2O. The Bertz CT molecular complexity index is 235. The summed E-state index contributed by atoms with van der Waals surface area (Å²) in [7, 11) is 3.71. The molecule has 3 nitrogen and oxygen atoms in total. The maximum atomic E-state index is 12.1. The van der Waals surface area contributed by atoms with E-state index in [1.165, 1.54) is 0 Å². The van der Waals surface area contributed by atoms with E-state index in [2.05, 4.69) is 0 Å². The van der Waals surface area contributed by atoms with E-state index in [4.69, 9.17) is 5.73 Å². The van der Waals surface area contributed by atoms with E-state index in [0.717, 1.165) is 38.5 Å². The summed E-state index contributed by atoms with van der Waals surface area (Å²) in [5, 5.41) is 0.